The lowest BCUT2D eigenvalue weighted by molar-refractivity contribution is 0.175. The Labute approximate surface area is 101 Å². The van der Waals surface area contributed by atoms with Gasteiger partial charge in [0.1, 0.15) is 0 Å². The summed E-state index contributed by atoms with van der Waals surface area (Å²) in [6.07, 6.45) is 10.0. The van der Waals surface area contributed by atoms with Crippen LogP contribution >= 0.6 is 0 Å². The summed E-state index contributed by atoms with van der Waals surface area (Å²) in [4.78, 5) is 0. The smallest absolute Gasteiger partial charge is 0.00978 e. The lowest BCUT2D eigenvalue weighted by atomic mass is 9.77. The van der Waals surface area contributed by atoms with Gasteiger partial charge in [0.05, 0.1) is 0 Å². The average Bonchev–Trinajstić information content (AvgIpc) is 2.28. The molecule has 0 saturated heterocycles. The molecule has 3 atom stereocenters. The predicted octanol–water partition coefficient (Wildman–Crippen LogP) is 3.98. The second kappa shape index (κ2) is 5.53. The maximum absolute atomic E-state index is 3.96. The van der Waals surface area contributed by atoms with Crippen LogP contribution in [0.25, 0.3) is 0 Å². The minimum atomic E-state index is 0.808. The largest absolute Gasteiger partial charge is 0.311 e. The molecular weight excluding hydrogens is 194 g/mol. The Balaban J connectivity index is 1.80. The number of nitrogens with one attached hydrogen (secondary N) is 1. The number of hydrogen-bond donors (Lipinski definition) is 1. The van der Waals surface area contributed by atoms with E-state index in [1.54, 1.807) is 0 Å². The van der Waals surface area contributed by atoms with Gasteiger partial charge in [-0.1, -0.05) is 33.6 Å². The van der Waals surface area contributed by atoms with E-state index >= 15 is 0 Å². The Morgan fingerprint density at radius 3 is 2.19 bits per heavy atom. The van der Waals surface area contributed by atoms with E-state index in [9.17, 15) is 0 Å². The first-order chi connectivity index (χ1) is 7.66. The third-order valence-electron chi connectivity index (χ3n) is 5.17. The first-order valence-electron chi connectivity index (χ1n) is 7.43. The third kappa shape index (κ3) is 3.00. The van der Waals surface area contributed by atoms with Crippen molar-refractivity contribution < 1.29 is 0 Å². The normalized spacial score (nSPS) is 45.6. The van der Waals surface area contributed by atoms with Crippen molar-refractivity contribution in [3.8, 4) is 0 Å². The van der Waals surface area contributed by atoms with Gasteiger partial charge in [0.15, 0.2) is 0 Å². The van der Waals surface area contributed by atoms with E-state index in [1.807, 2.05) is 0 Å². The van der Waals surface area contributed by atoms with Crippen LogP contribution in [0.3, 0.4) is 0 Å². The quantitative estimate of drug-likeness (QED) is 0.746. The second-order valence-corrected chi connectivity index (χ2v) is 6.50. The summed E-state index contributed by atoms with van der Waals surface area (Å²) in [6, 6.07) is 1.64. The Morgan fingerprint density at radius 1 is 0.812 bits per heavy atom. The van der Waals surface area contributed by atoms with E-state index in [0.717, 1.165) is 29.8 Å². The molecule has 0 aromatic carbocycles. The molecule has 0 heterocycles. The summed E-state index contributed by atoms with van der Waals surface area (Å²) >= 11 is 0. The Bertz CT molecular complexity index is 205. The molecule has 0 aromatic heterocycles. The lowest BCUT2D eigenvalue weighted by Crippen LogP contribution is -2.46. The highest BCUT2D eigenvalue weighted by Gasteiger charge is 2.29. The van der Waals surface area contributed by atoms with Gasteiger partial charge in [0.25, 0.3) is 0 Å². The number of rotatable bonds is 2. The molecule has 0 amide bonds. The van der Waals surface area contributed by atoms with Crippen molar-refractivity contribution in [1.29, 1.82) is 0 Å². The average molecular weight is 223 g/mol. The lowest BCUT2D eigenvalue weighted by Gasteiger charge is -2.39. The molecule has 1 heteroatoms. The van der Waals surface area contributed by atoms with Crippen LogP contribution in [0.2, 0.25) is 0 Å². The molecular formula is C15H29N. The zero-order valence-electron chi connectivity index (χ0n) is 11.3. The molecule has 16 heavy (non-hydrogen) atoms. The molecule has 0 bridgehead atoms. The third-order valence-corrected chi connectivity index (χ3v) is 5.17. The summed E-state index contributed by atoms with van der Waals surface area (Å²) in [7, 11) is 0. The van der Waals surface area contributed by atoms with Crippen LogP contribution in [-0.2, 0) is 0 Å². The Morgan fingerprint density at radius 2 is 1.50 bits per heavy atom. The van der Waals surface area contributed by atoms with E-state index in [-0.39, 0.29) is 0 Å². The number of hydrogen-bond acceptors (Lipinski definition) is 1. The topological polar surface area (TPSA) is 12.0 Å². The zero-order chi connectivity index (χ0) is 11.5. The van der Waals surface area contributed by atoms with Crippen LogP contribution in [-0.4, -0.2) is 12.1 Å². The van der Waals surface area contributed by atoms with Gasteiger partial charge in [-0.25, -0.2) is 0 Å². The summed E-state index contributed by atoms with van der Waals surface area (Å²) in [5, 5.41) is 3.96. The van der Waals surface area contributed by atoms with Crippen molar-refractivity contribution in [1.82, 2.24) is 5.32 Å². The molecule has 2 fully saturated rings. The van der Waals surface area contributed by atoms with Crippen molar-refractivity contribution in [2.45, 2.75) is 77.8 Å². The highest BCUT2D eigenvalue weighted by Crippen LogP contribution is 2.31. The SMILES string of the molecule is CC1CCC(NC2CCCC(C)C2C)CC1. The molecule has 1 nitrogen and oxygen atoms in total. The highest BCUT2D eigenvalue weighted by atomic mass is 15.0. The molecule has 2 aliphatic rings. The van der Waals surface area contributed by atoms with Crippen LogP contribution in [0.5, 0.6) is 0 Å². The second-order valence-electron chi connectivity index (χ2n) is 6.50. The van der Waals surface area contributed by atoms with Crippen LogP contribution in [0.1, 0.15) is 65.7 Å². The molecule has 2 saturated carbocycles. The van der Waals surface area contributed by atoms with Gasteiger partial charge >= 0.3 is 0 Å². The first-order valence-corrected chi connectivity index (χ1v) is 7.43. The molecule has 2 rings (SSSR count). The van der Waals surface area contributed by atoms with E-state index in [1.165, 1.54) is 44.9 Å². The van der Waals surface area contributed by atoms with Gasteiger partial charge < -0.3 is 5.32 Å². The predicted molar refractivity (Wildman–Crippen MR) is 70.5 cm³/mol. The van der Waals surface area contributed by atoms with Gasteiger partial charge in [-0.05, 0) is 49.9 Å². The maximum Gasteiger partial charge on any atom is 0.00978 e. The van der Waals surface area contributed by atoms with Crippen LogP contribution in [0.4, 0.5) is 0 Å². The van der Waals surface area contributed by atoms with Gasteiger partial charge in [0.2, 0.25) is 0 Å². The fourth-order valence-corrected chi connectivity index (χ4v) is 3.55. The van der Waals surface area contributed by atoms with E-state index < -0.39 is 0 Å². The minimum absolute atomic E-state index is 0.808. The summed E-state index contributed by atoms with van der Waals surface area (Å²) in [5.41, 5.74) is 0. The van der Waals surface area contributed by atoms with Crippen molar-refractivity contribution in [2.75, 3.05) is 0 Å². The molecule has 0 aliphatic heterocycles. The molecule has 0 radical (unpaired) electrons. The van der Waals surface area contributed by atoms with E-state index in [2.05, 4.69) is 26.1 Å². The monoisotopic (exact) mass is 223 g/mol. The molecule has 0 aromatic rings. The summed E-state index contributed by atoms with van der Waals surface area (Å²) in [5.74, 6) is 2.78. The van der Waals surface area contributed by atoms with Crippen LogP contribution in [0, 0.1) is 17.8 Å². The summed E-state index contributed by atoms with van der Waals surface area (Å²) in [6.45, 7) is 7.29. The van der Waals surface area contributed by atoms with Gasteiger partial charge in [0, 0.05) is 12.1 Å². The van der Waals surface area contributed by atoms with E-state index in [0.29, 0.717) is 0 Å². The van der Waals surface area contributed by atoms with Crippen molar-refractivity contribution >= 4 is 0 Å². The fraction of sp³-hybridized carbons (Fsp3) is 1.00. The Hall–Kier alpha value is -0.0400. The maximum atomic E-state index is 3.96. The minimum Gasteiger partial charge on any atom is -0.311 e. The van der Waals surface area contributed by atoms with Crippen LogP contribution < -0.4 is 5.32 Å². The first kappa shape index (κ1) is 12.4. The summed E-state index contributed by atoms with van der Waals surface area (Å²) < 4.78 is 0. The highest BCUT2D eigenvalue weighted by molar-refractivity contribution is 4.86. The van der Waals surface area contributed by atoms with Crippen LogP contribution in [0.15, 0.2) is 0 Å². The Kier molecular flexibility index (Phi) is 4.29. The molecule has 3 unspecified atom stereocenters. The van der Waals surface area contributed by atoms with Crippen molar-refractivity contribution in [3.05, 3.63) is 0 Å². The van der Waals surface area contributed by atoms with Crippen molar-refractivity contribution in [3.63, 3.8) is 0 Å². The molecule has 1 N–H and O–H groups in total. The van der Waals surface area contributed by atoms with Gasteiger partial charge in [-0.2, -0.15) is 0 Å². The van der Waals surface area contributed by atoms with E-state index in [4.69, 9.17) is 0 Å². The van der Waals surface area contributed by atoms with Gasteiger partial charge in [-0.15, -0.1) is 0 Å². The molecule has 0 spiro atoms. The van der Waals surface area contributed by atoms with Gasteiger partial charge in [-0.3, -0.25) is 0 Å². The fourth-order valence-electron chi connectivity index (χ4n) is 3.55. The molecule has 94 valence electrons. The molecule has 2 aliphatic carbocycles. The van der Waals surface area contributed by atoms with Crippen molar-refractivity contribution in [2.24, 2.45) is 17.8 Å². The zero-order valence-corrected chi connectivity index (χ0v) is 11.3. The standard InChI is InChI=1S/C15H29N/c1-11-7-9-14(10-8-11)16-15-6-4-5-12(2)13(15)3/h11-16H,4-10H2,1-3H3.